The molecule has 0 amide bonds. The van der Waals surface area contributed by atoms with Crippen LogP contribution in [-0.4, -0.2) is 0 Å². The lowest BCUT2D eigenvalue weighted by Gasteiger charge is -1.99. The Balaban J connectivity index is 1.84. The van der Waals surface area contributed by atoms with Gasteiger partial charge in [0.2, 0.25) is 0 Å². The predicted octanol–water partition coefficient (Wildman–Crippen LogP) is 4.81. The van der Waals surface area contributed by atoms with Gasteiger partial charge in [0.1, 0.15) is 5.76 Å². The van der Waals surface area contributed by atoms with E-state index >= 15 is 0 Å². The van der Waals surface area contributed by atoms with Crippen LogP contribution in [0.4, 0.5) is 0 Å². The molecule has 2 aromatic rings. The highest BCUT2D eigenvalue weighted by Crippen LogP contribution is 2.26. The van der Waals surface area contributed by atoms with E-state index in [9.17, 15) is 0 Å². The third kappa shape index (κ3) is 3.34. The summed E-state index contributed by atoms with van der Waals surface area (Å²) in [6.07, 6.45) is 0. The van der Waals surface area contributed by atoms with Gasteiger partial charge < -0.3 is 9.73 Å². The number of rotatable bonds is 4. The van der Waals surface area contributed by atoms with Crippen molar-refractivity contribution in [3.63, 3.8) is 0 Å². The molecular formula is C10H8Br2ClNOS. The van der Waals surface area contributed by atoms with Gasteiger partial charge in [-0.2, -0.15) is 0 Å². The lowest BCUT2D eigenvalue weighted by Crippen LogP contribution is -2.10. The first-order valence-electron chi connectivity index (χ1n) is 4.54. The molecule has 0 saturated heterocycles. The van der Waals surface area contributed by atoms with Gasteiger partial charge in [-0.1, -0.05) is 11.6 Å². The summed E-state index contributed by atoms with van der Waals surface area (Å²) in [6.45, 7) is 1.49. The molecule has 2 nitrogen and oxygen atoms in total. The van der Waals surface area contributed by atoms with Gasteiger partial charge in [0.25, 0.3) is 0 Å². The molecule has 0 aliphatic carbocycles. The molecule has 2 aromatic heterocycles. The Kier molecular flexibility index (Phi) is 4.49. The molecule has 0 saturated carbocycles. The first-order valence-corrected chi connectivity index (χ1v) is 7.32. The Morgan fingerprint density at radius 3 is 2.69 bits per heavy atom. The molecule has 2 heterocycles. The Morgan fingerprint density at radius 1 is 1.31 bits per heavy atom. The molecule has 1 N–H and O–H groups in total. The number of hydrogen-bond acceptors (Lipinski definition) is 3. The summed E-state index contributed by atoms with van der Waals surface area (Å²) >= 11 is 14.1. The zero-order valence-electron chi connectivity index (χ0n) is 8.10. The van der Waals surface area contributed by atoms with Gasteiger partial charge in [-0.3, -0.25) is 0 Å². The second-order valence-electron chi connectivity index (χ2n) is 3.14. The van der Waals surface area contributed by atoms with Crippen molar-refractivity contribution in [2.75, 3.05) is 0 Å². The van der Waals surface area contributed by atoms with Crippen LogP contribution in [0.3, 0.4) is 0 Å². The molecular weight excluding hydrogens is 377 g/mol. The summed E-state index contributed by atoms with van der Waals surface area (Å²) in [6, 6.07) is 5.87. The van der Waals surface area contributed by atoms with Gasteiger partial charge in [0, 0.05) is 11.4 Å². The third-order valence-corrected chi connectivity index (χ3v) is 4.86. The second-order valence-corrected chi connectivity index (χ2v) is 6.52. The van der Waals surface area contributed by atoms with Gasteiger partial charge in [-0.05, 0) is 50.1 Å². The van der Waals surface area contributed by atoms with Crippen LogP contribution in [0, 0.1) is 0 Å². The summed E-state index contributed by atoms with van der Waals surface area (Å²) in [5.74, 6) is 0.890. The van der Waals surface area contributed by atoms with Crippen molar-refractivity contribution in [3.8, 4) is 0 Å². The number of furan rings is 1. The van der Waals surface area contributed by atoms with Crippen molar-refractivity contribution >= 4 is 54.8 Å². The topological polar surface area (TPSA) is 25.2 Å². The highest BCUT2D eigenvalue weighted by molar-refractivity contribution is 9.13. The van der Waals surface area contributed by atoms with Crippen LogP contribution >= 0.6 is 54.8 Å². The van der Waals surface area contributed by atoms with Gasteiger partial charge in [-0.15, -0.1) is 11.3 Å². The van der Waals surface area contributed by atoms with E-state index in [1.807, 2.05) is 18.2 Å². The quantitative estimate of drug-likeness (QED) is 0.817. The molecule has 86 valence electrons. The molecule has 0 fully saturated rings. The normalized spacial score (nSPS) is 10.9. The van der Waals surface area contributed by atoms with E-state index in [4.69, 9.17) is 16.0 Å². The Labute approximate surface area is 119 Å². The van der Waals surface area contributed by atoms with Crippen LogP contribution < -0.4 is 5.32 Å². The molecule has 0 bridgehead atoms. The Bertz CT molecular complexity index is 463. The summed E-state index contributed by atoms with van der Waals surface area (Å²) in [4.78, 5) is 1.22. The van der Waals surface area contributed by atoms with Crippen LogP contribution in [-0.2, 0) is 13.1 Å². The molecule has 0 aromatic carbocycles. The highest BCUT2D eigenvalue weighted by Gasteiger charge is 2.05. The van der Waals surface area contributed by atoms with Crippen LogP contribution in [0.15, 0.2) is 31.8 Å². The first-order chi connectivity index (χ1) is 7.65. The fourth-order valence-corrected chi connectivity index (χ4v) is 2.95. The van der Waals surface area contributed by atoms with Crippen LogP contribution in [0.1, 0.15) is 10.6 Å². The van der Waals surface area contributed by atoms with Gasteiger partial charge >= 0.3 is 0 Å². The maximum absolute atomic E-state index is 5.84. The van der Waals surface area contributed by atoms with Crippen molar-refractivity contribution in [1.29, 1.82) is 0 Å². The zero-order valence-corrected chi connectivity index (χ0v) is 12.8. The molecule has 0 spiro atoms. The lowest BCUT2D eigenvalue weighted by atomic mass is 10.4. The minimum Gasteiger partial charge on any atom is -0.452 e. The van der Waals surface area contributed by atoms with Crippen LogP contribution in [0.5, 0.6) is 0 Å². The Morgan fingerprint density at radius 2 is 2.12 bits per heavy atom. The summed E-state index contributed by atoms with van der Waals surface area (Å²) in [5.41, 5.74) is 0. The number of nitrogens with one attached hydrogen (secondary N) is 1. The van der Waals surface area contributed by atoms with E-state index in [2.05, 4.69) is 37.2 Å². The fraction of sp³-hybridized carbons (Fsp3) is 0.200. The average molecular weight is 386 g/mol. The zero-order chi connectivity index (χ0) is 11.5. The molecule has 6 heteroatoms. The fourth-order valence-electron chi connectivity index (χ4n) is 1.23. The molecule has 0 atom stereocenters. The predicted molar refractivity (Wildman–Crippen MR) is 74.0 cm³/mol. The molecule has 0 radical (unpaired) electrons. The largest absolute Gasteiger partial charge is 0.452 e. The lowest BCUT2D eigenvalue weighted by molar-refractivity contribution is 0.465. The maximum atomic E-state index is 5.84. The van der Waals surface area contributed by atoms with E-state index in [1.165, 1.54) is 4.88 Å². The van der Waals surface area contributed by atoms with E-state index in [0.29, 0.717) is 6.54 Å². The molecule has 2 rings (SSSR count). The summed E-state index contributed by atoms with van der Waals surface area (Å²) in [5, 5.41) is 3.29. The molecule has 0 aliphatic rings. The van der Waals surface area contributed by atoms with Crippen LogP contribution in [0.25, 0.3) is 0 Å². The standard InChI is InChI=1S/C10H8Br2ClNOS/c11-8-3-6(15-10(8)12)4-14-5-7-1-2-9(13)16-7/h1-3,14H,4-5H2. The van der Waals surface area contributed by atoms with E-state index in [0.717, 1.165) is 25.8 Å². The third-order valence-electron chi connectivity index (χ3n) is 1.92. The van der Waals surface area contributed by atoms with Crippen molar-refractivity contribution in [2.24, 2.45) is 0 Å². The second kappa shape index (κ2) is 5.69. The number of thiophene rings is 1. The van der Waals surface area contributed by atoms with Gasteiger partial charge in [0.15, 0.2) is 4.67 Å². The average Bonchev–Trinajstić information content (AvgIpc) is 2.75. The van der Waals surface area contributed by atoms with Crippen molar-refractivity contribution in [2.45, 2.75) is 13.1 Å². The molecule has 16 heavy (non-hydrogen) atoms. The van der Waals surface area contributed by atoms with E-state index < -0.39 is 0 Å². The summed E-state index contributed by atoms with van der Waals surface area (Å²) in [7, 11) is 0. The maximum Gasteiger partial charge on any atom is 0.183 e. The monoisotopic (exact) mass is 383 g/mol. The van der Waals surface area contributed by atoms with E-state index in [-0.39, 0.29) is 0 Å². The van der Waals surface area contributed by atoms with Crippen molar-refractivity contribution in [3.05, 3.63) is 42.3 Å². The van der Waals surface area contributed by atoms with Crippen molar-refractivity contribution in [1.82, 2.24) is 5.32 Å². The van der Waals surface area contributed by atoms with Gasteiger partial charge in [0.05, 0.1) is 15.4 Å². The van der Waals surface area contributed by atoms with E-state index in [1.54, 1.807) is 11.3 Å². The summed E-state index contributed by atoms with van der Waals surface area (Å²) < 4.78 is 7.92. The number of halogens is 3. The van der Waals surface area contributed by atoms with Gasteiger partial charge in [-0.25, -0.2) is 0 Å². The smallest absolute Gasteiger partial charge is 0.183 e. The van der Waals surface area contributed by atoms with Crippen molar-refractivity contribution < 1.29 is 4.42 Å². The molecule has 0 unspecified atom stereocenters. The number of hydrogen-bond donors (Lipinski definition) is 1. The SMILES string of the molecule is Clc1ccc(CNCc2cc(Br)c(Br)o2)s1. The Hall–Kier alpha value is 0.190. The first kappa shape index (κ1) is 12.6. The minimum atomic E-state index is 0.694. The minimum absolute atomic E-state index is 0.694. The van der Waals surface area contributed by atoms with Crippen LogP contribution in [0.2, 0.25) is 4.34 Å². The molecule has 0 aliphatic heterocycles. The highest BCUT2D eigenvalue weighted by atomic mass is 79.9.